The first-order chi connectivity index (χ1) is 16.6. The fourth-order valence-electron chi connectivity index (χ4n) is 4.67. The number of likely N-dealkylation sites (tertiary alicyclic amines) is 1. The van der Waals surface area contributed by atoms with E-state index in [-0.39, 0.29) is 6.03 Å². The van der Waals surface area contributed by atoms with Gasteiger partial charge in [0, 0.05) is 37.3 Å². The maximum atomic E-state index is 12.7. The Hall–Kier alpha value is -3.80. The quantitative estimate of drug-likeness (QED) is 0.439. The Labute approximate surface area is 200 Å². The molecule has 2 aromatic heterocycles. The summed E-state index contributed by atoms with van der Waals surface area (Å²) in [5.74, 6) is 2.18. The second-order valence-electron chi connectivity index (χ2n) is 8.91. The molecular formula is C28H30N4O2. The van der Waals surface area contributed by atoms with E-state index >= 15 is 0 Å². The Morgan fingerprint density at radius 1 is 1.06 bits per heavy atom. The Kier molecular flexibility index (Phi) is 6.21. The highest BCUT2D eigenvalue weighted by atomic mass is 16.5. The number of ether oxygens (including phenoxy) is 1. The van der Waals surface area contributed by atoms with Crippen molar-refractivity contribution in [3.05, 3.63) is 89.9 Å². The molecule has 0 spiro atoms. The molecule has 34 heavy (non-hydrogen) atoms. The van der Waals surface area contributed by atoms with Gasteiger partial charge in [0.25, 0.3) is 0 Å². The van der Waals surface area contributed by atoms with Crippen molar-refractivity contribution in [2.75, 3.05) is 20.2 Å². The molecule has 0 aliphatic carbocycles. The lowest BCUT2D eigenvalue weighted by Crippen LogP contribution is -2.44. The predicted molar refractivity (Wildman–Crippen MR) is 134 cm³/mol. The monoisotopic (exact) mass is 454 g/mol. The Morgan fingerprint density at radius 2 is 1.85 bits per heavy atom. The van der Waals surface area contributed by atoms with Crippen LogP contribution in [-0.2, 0) is 6.54 Å². The second kappa shape index (κ2) is 9.59. The number of pyridine rings is 1. The largest absolute Gasteiger partial charge is 0.497 e. The van der Waals surface area contributed by atoms with Crippen molar-refractivity contribution in [3.63, 3.8) is 0 Å². The van der Waals surface area contributed by atoms with Crippen molar-refractivity contribution in [2.24, 2.45) is 0 Å². The molecule has 174 valence electrons. The molecule has 1 aliphatic heterocycles. The zero-order valence-corrected chi connectivity index (χ0v) is 19.7. The lowest BCUT2D eigenvalue weighted by Gasteiger charge is -2.31. The molecule has 4 aromatic rings. The molecule has 0 saturated carbocycles. The van der Waals surface area contributed by atoms with E-state index in [1.807, 2.05) is 35.2 Å². The summed E-state index contributed by atoms with van der Waals surface area (Å²) in [5.41, 5.74) is 5.43. The van der Waals surface area contributed by atoms with Crippen molar-refractivity contribution >= 4 is 11.5 Å². The summed E-state index contributed by atoms with van der Waals surface area (Å²) in [4.78, 5) is 19.7. The zero-order chi connectivity index (χ0) is 23.5. The van der Waals surface area contributed by atoms with E-state index in [9.17, 15) is 4.79 Å². The van der Waals surface area contributed by atoms with Crippen LogP contribution in [0.2, 0.25) is 0 Å². The number of carbonyl (C=O) groups excluding carboxylic acids is 1. The van der Waals surface area contributed by atoms with Crippen LogP contribution in [0.15, 0.2) is 72.9 Å². The van der Waals surface area contributed by atoms with Gasteiger partial charge >= 0.3 is 6.03 Å². The van der Waals surface area contributed by atoms with E-state index < -0.39 is 0 Å². The zero-order valence-electron chi connectivity index (χ0n) is 19.7. The van der Waals surface area contributed by atoms with Crippen LogP contribution in [0, 0.1) is 6.92 Å². The van der Waals surface area contributed by atoms with Gasteiger partial charge in [-0.1, -0.05) is 48.0 Å². The Balaban J connectivity index is 1.29. The number of aryl methyl sites for hydroxylation is 1. The average Bonchev–Trinajstić information content (AvgIpc) is 3.28. The van der Waals surface area contributed by atoms with Crippen LogP contribution in [0.3, 0.4) is 0 Å². The lowest BCUT2D eigenvalue weighted by molar-refractivity contribution is 0.180. The predicted octanol–water partition coefficient (Wildman–Crippen LogP) is 5.41. The van der Waals surface area contributed by atoms with Gasteiger partial charge in [0.15, 0.2) is 0 Å². The number of nitrogens with zero attached hydrogens (tertiary/aromatic N) is 3. The van der Waals surface area contributed by atoms with Crippen LogP contribution in [0.25, 0.3) is 16.8 Å². The standard InChI is InChI=1S/C28H30N4O2/c1-20-9-11-21(12-10-20)19-29-28(33)31-16-13-22(14-17-31)27-30-26(25-8-3-4-15-32(25)27)23-6-5-7-24(18-23)34-2/h3-12,15,18,22H,13-14,16-17,19H2,1-2H3,(H,29,33). The third kappa shape index (κ3) is 4.49. The molecule has 6 heteroatoms. The molecular weight excluding hydrogens is 424 g/mol. The minimum atomic E-state index is 0.00377. The minimum absolute atomic E-state index is 0.00377. The van der Waals surface area contributed by atoms with Gasteiger partial charge in [-0.05, 0) is 49.6 Å². The van der Waals surface area contributed by atoms with Crippen LogP contribution < -0.4 is 10.1 Å². The molecule has 1 fully saturated rings. The van der Waals surface area contributed by atoms with E-state index in [1.54, 1.807) is 7.11 Å². The number of benzene rings is 2. The molecule has 0 unspecified atom stereocenters. The number of piperidine rings is 1. The highest BCUT2D eigenvalue weighted by Crippen LogP contribution is 2.33. The molecule has 1 saturated heterocycles. The van der Waals surface area contributed by atoms with E-state index in [0.29, 0.717) is 12.5 Å². The summed E-state index contributed by atoms with van der Waals surface area (Å²) in [6.07, 6.45) is 3.87. The Bertz CT molecular complexity index is 1290. The van der Waals surface area contributed by atoms with Gasteiger partial charge in [0.1, 0.15) is 11.6 Å². The number of nitrogens with one attached hydrogen (secondary N) is 1. The van der Waals surface area contributed by atoms with Gasteiger partial charge in [-0.2, -0.15) is 0 Å². The number of hydrogen-bond acceptors (Lipinski definition) is 3. The summed E-state index contributed by atoms with van der Waals surface area (Å²) in [6, 6.07) is 22.5. The van der Waals surface area contributed by atoms with Crippen molar-refractivity contribution in [1.82, 2.24) is 19.6 Å². The third-order valence-electron chi connectivity index (χ3n) is 6.63. The van der Waals surface area contributed by atoms with E-state index in [0.717, 1.165) is 59.8 Å². The number of aromatic nitrogens is 2. The Morgan fingerprint density at radius 3 is 2.62 bits per heavy atom. The number of fused-ring (bicyclic) bond motifs is 1. The van der Waals surface area contributed by atoms with Gasteiger partial charge in [-0.3, -0.25) is 0 Å². The summed E-state index contributed by atoms with van der Waals surface area (Å²) in [5, 5.41) is 3.06. The fraction of sp³-hybridized carbons (Fsp3) is 0.286. The lowest BCUT2D eigenvalue weighted by atomic mass is 9.96. The van der Waals surface area contributed by atoms with Crippen molar-refractivity contribution in [1.29, 1.82) is 0 Å². The summed E-state index contributed by atoms with van der Waals surface area (Å²) < 4.78 is 7.62. The molecule has 2 aromatic carbocycles. The van der Waals surface area contributed by atoms with Gasteiger partial charge < -0.3 is 19.4 Å². The van der Waals surface area contributed by atoms with Crippen LogP contribution in [0.4, 0.5) is 4.79 Å². The summed E-state index contributed by atoms with van der Waals surface area (Å²) in [7, 11) is 1.68. The first-order valence-electron chi connectivity index (χ1n) is 11.8. The van der Waals surface area contributed by atoms with Gasteiger partial charge in [0.2, 0.25) is 0 Å². The van der Waals surface area contributed by atoms with Gasteiger partial charge in [-0.25, -0.2) is 9.78 Å². The number of amides is 2. The topological polar surface area (TPSA) is 58.9 Å². The maximum absolute atomic E-state index is 12.7. The molecule has 1 aliphatic rings. The van der Waals surface area contributed by atoms with Crippen molar-refractivity contribution in [2.45, 2.75) is 32.2 Å². The normalized spacial score (nSPS) is 14.4. The molecule has 0 atom stereocenters. The number of methoxy groups -OCH3 is 1. The van der Waals surface area contributed by atoms with Gasteiger partial charge in [0.05, 0.1) is 18.3 Å². The smallest absolute Gasteiger partial charge is 0.317 e. The van der Waals surface area contributed by atoms with E-state index in [2.05, 4.69) is 59.2 Å². The molecule has 0 bridgehead atoms. The fourth-order valence-corrected chi connectivity index (χ4v) is 4.67. The highest BCUT2D eigenvalue weighted by Gasteiger charge is 2.27. The van der Waals surface area contributed by atoms with E-state index in [4.69, 9.17) is 9.72 Å². The third-order valence-corrected chi connectivity index (χ3v) is 6.63. The molecule has 3 heterocycles. The first kappa shape index (κ1) is 22.0. The maximum Gasteiger partial charge on any atom is 0.317 e. The molecule has 6 nitrogen and oxygen atoms in total. The summed E-state index contributed by atoms with van der Waals surface area (Å²) in [6.45, 7) is 4.06. The van der Waals surface area contributed by atoms with Crippen LogP contribution in [-0.4, -0.2) is 40.5 Å². The van der Waals surface area contributed by atoms with Crippen molar-refractivity contribution in [3.8, 4) is 17.0 Å². The number of carbonyl (C=O) groups is 1. The average molecular weight is 455 g/mol. The van der Waals surface area contributed by atoms with Crippen molar-refractivity contribution < 1.29 is 9.53 Å². The minimum Gasteiger partial charge on any atom is -0.497 e. The molecule has 2 amide bonds. The highest BCUT2D eigenvalue weighted by molar-refractivity contribution is 5.78. The van der Waals surface area contributed by atoms with Crippen LogP contribution in [0.5, 0.6) is 5.75 Å². The summed E-state index contributed by atoms with van der Waals surface area (Å²) >= 11 is 0. The number of hydrogen-bond donors (Lipinski definition) is 1. The number of urea groups is 1. The van der Waals surface area contributed by atoms with Crippen LogP contribution >= 0.6 is 0 Å². The molecule has 1 N–H and O–H groups in total. The number of rotatable bonds is 5. The first-order valence-corrected chi connectivity index (χ1v) is 11.8. The second-order valence-corrected chi connectivity index (χ2v) is 8.91. The molecule has 5 rings (SSSR count). The SMILES string of the molecule is COc1cccc(-c2nc(C3CCN(C(=O)NCc4ccc(C)cc4)CC3)n3ccccc23)c1. The van der Waals surface area contributed by atoms with Crippen LogP contribution in [0.1, 0.15) is 35.7 Å². The number of imidazole rings is 1. The van der Waals surface area contributed by atoms with E-state index in [1.165, 1.54) is 5.56 Å². The van der Waals surface area contributed by atoms with Gasteiger partial charge in [-0.15, -0.1) is 0 Å². The molecule has 0 radical (unpaired) electrons.